The fraction of sp³-hybridized carbons (Fsp3) is 0.381. The lowest BCUT2D eigenvalue weighted by atomic mass is 9.98. The molecule has 0 unspecified atom stereocenters. The van der Waals surface area contributed by atoms with Crippen molar-refractivity contribution in [2.75, 3.05) is 31.0 Å². The number of piperidine rings is 1. The maximum Gasteiger partial charge on any atom is 0.310 e. The molecule has 0 aliphatic carbocycles. The quantitative estimate of drug-likeness (QED) is 0.651. The second-order valence-corrected chi connectivity index (χ2v) is 9.00. The number of likely N-dealkylation sites (tertiary alicyclic amines) is 1. The van der Waals surface area contributed by atoms with Crippen LogP contribution in [0.25, 0.3) is 0 Å². The predicted octanol–water partition coefficient (Wildman–Crippen LogP) is 2.32. The molecule has 8 nitrogen and oxygen atoms in total. The van der Waals surface area contributed by atoms with Gasteiger partial charge in [-0.15, -0.1) is 0 Å². The molecule has 0 radical (unpaired) electrons. The number of carbonyl (C=O) groups is 2. The van der Waals surface area contributed by atoms with Crippen molar-refractivity contribution in [3.63, 3.8) is 0 Å². The topological polar surface area (TPSA) is 96.9 Å². The zero-order valence-electron chi connectivity index (χ0n) is 17.0. The van der Waals surface area contributed by atoms with E-state index in [1.807, 2.05) is 0 Å². The van der Waals surface area contributed by atoms with Crippen molar-refractivity contribution in [1.29, 1.82) is 0 Å². The van der Waals surface area contributed by atoms with E-state index < -0.39 is 10.0 Å². The molecule has 1 aromatic carbocycles. The molecule has 1 atom stereocenters. The van der Waals surface area contributed by atoms with Gasteiger partial charge in [-0.1, -0.05) is 18.2 Å². The maximum absolute atomic E-state index is 13.0. The first-order chi connectivity index (χ1) is 14.3. The number of carbonyl (C=O) groups excluding carboxylic acids is 2. The summed E-state index contributed by atoms with van der Waals surface area (Å²) in [6.07, 6.45) is 2.78. The van der Waals surface area contributed by atoms with Crippen LogP contribution < -0.4 is 4.31 Å². The van der Waals surface area contributed by atoms with E-state index in [0.29, 0.717) is 31.7 Å². The van der Waals surface area contributed by atoms with Gasteiger partial charge in [-0.3, -0.25) is 18.9 Å². The molecule has 0 N–H and O–H groups in total. The first-order valence-corrected chi connectivity index (χ1v) is 11.2. The molecule has 1 aliphatic heterocycles. The molecule has 1 aromatic heterocycles. The van der Waals surface area contributed by atoms with Crippen molar-refractivity contribution in [3.05, 3.63) is 54.4 Å². The van der Waals surface area contributed by atoms with Crippen molar-refractivity contribution >= 4 is 27.6 Å². The lowest BCUT2D eigenvalue weighted by Gasteiger charge is -2.31. The van der Waals surface area contributed by atoms with Crippen molar-refractivity contribution in [2.24, 2.45) is 5.92 Å². The van der Waals surface area contributed by atoms with Crippen LogP contribution in [0, 0.1) is 5.92 Å². The molecule has 2 heterocycles. The fourth-order valence-electron chi connectivity index (χ4n) is 3.40. The average Bonchev–Trinajstić information content (AvgIpc) is 2.79. The van der Waals surface area contributed by atoms with E-state index in [0.717, 1.165) is 4.31 Å². The standard InChI is InChI=1S/C21H25N3O5S/c1-3-29-21(26)16-8-7-13-24(15-16)20(25)19-14-17(11-12-22-19)23(2)30(27,28)18-9-5-4-6-10-18/h4-6,9-12,14,16H,3,7-8,13,15H2,1-2H3/t16-/m1/s1. The van der Waals surface area contributed by atoms with Crippen LogP contribution in [-0.2, 0) is 19.6 Å². The second kappa shape index (κ2) is 9.25. The Hall–Kier alpha value is -2.94. The summed E-state index contributed by atoms with van der Waals surface area (Å²) < 4.78 is 31.9. The third-order valence-corrected chi connectivity index (χ3v) is 6.86. The normalized spacial score (nSPS) is 16.7. The molecule has 9 heteroatoms. The summed E-state index contributed by atoms with van der Waals surface area (Å²) in [4.78, 5) is 30.9. The van der Waals surface area contributed by atoms with Gasteiger partial charge in [0.1, 0.15) is 5.69 Å². The molecule has 30 heavy (non-hydrogen) atoms. The molecule has 0 bridgehead atoms. The first-order valence-electron chi connectivity index (χ1n) is 9.80. The molecular formula is C21H25N3O5S. The van der Waals surface area contributed by atoms with Gasteiger partial charge in [0.25, 0.3) is 15.9 Å². The van der Waals surface area contributed by atoms with Crippen molar-refractivity contribution in [2.45, 2.75) is 24.7 Å². The Morgan fingerprint density at radius 2 is 1.97 bits per heavy atom. The summed E-state index contributed by atoms with van der Waals surface area (Å²) in [5.74, 6) is -0.992. The van der Waals surface area contributed by atoms with Gasteiger partial charge >= 0.3 is 5.97 Å². The minimum Gasteiger partial charge on any atom is -0.466 e. The zero-order chi connectivity index (χ0) is 21.7. The molecule has 2 aromatic rings. The predicted molar refractivity (Wildman–Crippen MR) is 112 cm³/mol. The van der Waals surface area contributed by atoms with Crippen LogP contribution in [0.1, 0.15) is 30.3 Å². The second-order valence-electron chi connectivity index (χ2n) is 7.03. The molecule has 0 saturated carbocycles. The van der Waals surface area contributed by atoms with Gasteiger partial charge in [0.15, 0.2) is 0 Å². The molecule has 3 rings (SSSR count). The summed E-state index contributed by atoms with van der Waals surface area (Å²) in [6.45, 7) is 2.83. The molecule has 1 fully saturated rings. The van der Waals surface area contributed by atoms with Crippen molar-refractivity contribution in [3.8, 4) is 0 Å². The number of rotatable bonds is 6. The highest BCUT2D eigenvalue weighted by atomic mass is 32.2. The summed E-state index contributed by atoms with van der Waals surface area (Å²) in [6, 6.07) is 11.1. The van der Waals surface area contributed by atoms with Gasteiger partial charge in [-0.2, -0.15) is 0 Å². The van der Waals surface area contributed by atoms with Crippen LogP contribution in [0.15, 0.2) is 53.6 Å². The van der Waals surface area contributed by atoms with Crippen molar-refractivity contribution in [1.82, 2.24) is 9.88 Å². The van der Waals surface area contributed by atoms with Gasteiger partial charge in [0.2, 0.25) is 0 Å². The van der Waals surface area contributed by atoms with E-state index in [4.69, 9.17) is 4.74 Å². The highest BCUT2D eigenvalue weighted by molar-refractivity contribution is 7.92. The van der Waals surface area contributed by atoms with Gasteiger partial charge in [0, 0.05) is 26.3 Å². The van der Waals surface area contributed by atoms with Gasteiger partial charge in [-0.05, 0) is 44.0 Å². The van der Waals surface area contributed by atoms with E-state index in [1.54, 1.807) is 30.0 Å². The van der Waals surface area contributed by atoms with Crippen molar-refractivity contribution < 1.29 is 22.7 Å². The number of anilines is 1. The van der Waals surface area contributed by atoms with E-state index in [-0.39, 0.29) is 34.9 Å². The Labute approximate surface area is 176 Å². The number of pyridine rings is 1. The minimum atomic E-state index is -3.77. The third kappa shape index (κ3) is 4.62. The van der Waals surface area contributed by atoms with Crippen LogP contribution in [0.2, 0.25) is 0 Å². The minimum absolute atomic E-state index is 0.132. The molecule has 1 amide bonds. The third-order valence-electron chi connectivity index (χ3n) is 5.06. The average molecular weight is 432 g/mol. The van der Waals surface area contributed by atoms with Crippen LogP contribution in [-0.4, -0.2) is 56.9 Å². The van der Waals surface area contributed by atoms with E-state index in [1.165, 1.54) is 37.5 Å². The highest BCUT2D eigenvalue weighted by Crippen LogP contribution is 2.24. The molecule has 0 spiro atoms. The zero-order valence-corrected chi connectivity index (χ0v) is 17.8. The van der Waals surface area contributed by atoms with Gasteiger partial charge in [-0.25, -0.2) is 8.42 Å². The largest absolute Gasteiger partial charge is 0.466 e. The number of hydrogen-bond donors (Lipinski definition) is 0. The smallest absolute Gasteiger partial charge is 0.310 e. The van der Waals surface area contributed by atoms with Gasteiger partial charge in [0.05, 0.1) is 23.1 Å². The highest BCUT2D eigenvalue weighted by Gasteiger charge is 2.31. The number of aromatic nitrogens is 1. The summed E-state index contributed by atoms with van der Waals surface area (Å²) >= 11 is 0. The Morgan fingerprint density at radius 1 is 1.23 bits per heavy atom. The summed E-state index contributed by atoms with van der Waals surface area (Å²) in [7, 11) is -2.33. The van der Waals surface area contributed by atoms with Crippen LogP contribution in [0.4, 0.5) is 5.69 Å². The lowest BCUT2D eigenvalue weighted by Crippen LogP contribution is -2.43. The number of esters is 1. The molecular weight excluding hydrogens is 406 g/mol. The van der Waals surface area contributed by atoms with Crippen LogP contribution >= 0.6 is 0 Å². The number of hydrogen-bond acceptors (Lipinski definition) is 6. The van der Waals surface area contributed by atoms with E-state index in [2.05, 4.69) is 4.98 Å². The SMILES string of the molecule is CCOC(=O)[C@@H]1CCCN(C(=O)c2cc(N(C)S(=O)(=O)c3ccccc3)ccn2)C1. The Kier molecular flexibility index (Phi) is 6.71. The number of amides is 1. The number of benzene rings is 1. The summed E-state index contributed by atoms with van der Waals surface area (Å²) in [5.41, 5.74) is 0.461. The fourth-order valence-corrected chi connectivity index (χ4v) is 4.61. The maximum atomic E-state index is 13.0. The number of ether oxygens (including phenoxy) is 1. The van der Waals surface area contributed by atoms with Crippen LogP contribution in [0.3, 0.4) is 0 Å². The lowest BCUT2D eigenvalue weighted by molar-refractivity contribution is -0.149. The summed E-state index contributed by atoms with van der Waals surface area (Å²) in [5, 5.41) is 0. The molecule has 1 saturated heterocycles. The molecule has 160 valence electrons. The van der Waals surface area contributed by atoms with Crippen LogP contribution in [0.5, 0.6) is 0 Å². The van der Waals surface area contributed by atoms with E-state index in [9.17, 15) is 18.0 Å². The monoisotopic (exact) mass is 431 g/mol. The number of sulfonamides is 1. The van der Waals surface area contributed by atoms with E-state index >= 15 is 0 Å². The number of nitrogens with zero attached hydrogens (tertiary/aromatic N) is 3. The van der Waals surface area contributed by atoms with Gasteiger partial charge < -0.3 is 9.64 Å². The Balaban J connectivity index is 1.79. The Morgan fingerprint density at radius 3 is 2.67 bits per heavy atom. The Bertz CT molecular complexity index is 1010. The first kappa shape index (κ1) is 21.8. The molecule has 1 aliphatic rings.